The minimum atomic E-state index is -0.575. The number of aromatic nitrogens is 2. The highest BCUT2D eigenvalue weighted by atomic mass is 16.5. The summed E-state index contributed by atoms with van der Waals surface area (Å²) in [4.78, 5) is 30.5. The molecule has 37 heavy (non-hydrogen) atoms. The van der Waals surface area contributed by atoms with E-state index in [2.05, 4.69) is 10.5 Å². The van der Waals surface area contributed by atoms with Crippen LogP contribution in [-0.4, -0.2) is 42.8 Å². The van der Waals surface area contributed by atoms with E-state index in [0.717, 1.165) is 22.4 Å². The van der Waals surface area contributed by atoms with Crippen molar-refractivity contribution in [3.63, 3.8) is 0 Å². The number of pyridine rings is 1. The predicted molar refractivity (Wildman–Crippen MR) is 138 cm³/mol. The highest BCUT2D eigenvalue weighted by Crippen LogP contribution is 2.38. The van der Waals surface area contributed by atoms with E-state index >= 15 is 0 Å². The van der Waals surface area contributed by atoms with Crippen molar-refractivity contribution in [2.24, 2.45) is 0 Å². The number of hydrogen-bond acceptors (Lipinski definition) is 8. The Morgan fingerprint density at radius 2 is 1.86 bits per heavy atom. The summed E-state index contributed by atoms with van der Waals surface area (Å²) < 4.78 is 21.1. The number of para-hydroxylation sites is 1. The quantitative estimate of drug-likeness (QED) is 0.360. The topological polar surface area (TPSA) is 113 Å². The van der Waals surface area contributed by atoms with Gasteiger partial charge in [-0.25, -0.2) is 9.78 Å². The van der Waals surface area contributed by atoms with E-state index in [1.807, 2.05) is 48.5 Å². The van der Waals surface area contributed by atoms with Crippen molar-refractivity contribution in [1.82, 2.24) is 10.1 Å². The van der Waals surface area contributed by atoms with Crippen molar-refractivity contribution in [3.05, 3.63) is 76.7 Å². The van der Waals surface area contributed by atoms with Crippen LogP contribution >= 0.6 is 0 Å². The van der Waals surface area contributed by atoms with Crippen LogP contribution in [0.2, 0.25) is 0 Å². The number of aryl methyl sites for hydroxylation is 1. The number of methoxy groups -OCH3 is 2. The smallest absolute Gasteiger partial charge is 0.339 e. The molecule has 0 saturated heterocycles. The van der Waals surface area contributed by atoms with Crippen LogP contribution in [0.25, 0.3) is 22.6 Å². The third kappa shape index (κ3) is 4.88. The molecule has 0 radical (unpaired) electrons. The number of fused-ring (bicyclic) bond motifs is 2. The van der Waals surface area contributed by atoms with Gasteiger partial charge in [-0.15, -0.1) is 0 Å². The van der Waals surface area contributed by atoms with Crippen molar-refractivity contribution in [3.8, 4) is 11.5 Å². The van der Waals surface area contributed by atoms with Gasteiger partial charge in [-0.05, 0) is 60.7 Å². The third-order valence-electron chi connectivity index (χ3n) is 6.12. The van der Waals surface area contributed by atoms with Gasteiger partial charge >= 0.3 is 5.97 Å². The Kier molecular flexibility index (Phi) is 6.59. The first-order valence-electron chi connectivity index (χ1n) is 11.7. The fraction of sp³-hybridized carbons (Fsp3) is 0.214. The zero-order valence-electron chi connectivity index (χ0n) is 20.7. The maximum absolute atomic E-state index is 13.3. The summed E-state index contributed by atoms with van der Waals surface area (Å²) in [6.07, 6.45) is 3.37. The predicted octanol–water partition coefficient (Wildman–Crippen LogP) is 4.83. The molecule has 1 N–H and O–H groups in total. The molecule has 5 rings (SSSR count). The van der Waals surface area contributed by atoms with Crippen molar-refractivity contribution in [2.45, 2.75) is 19.8 Å². The number of esters is 1. The molecule has 0 bridgehead atoms. The average Bonchev–Trinajstić information content (AvgIpc) is 3.50. The summed E-state index contributed by atoms with van der Waals surface area (Å²) in [6, 6.07) is 14.7. The molecule has 0 aliphatic heterocycles. The maximum atomic E-state index is 13.3. The number of anilines is 1. The van der Waals surface area contributed by atoms with Crippen molar-refractivity contribution < 1.29 is 28.3 Å². The molecule has 9 nitrogen and oxygen atoms in total. The monoisotopic (exact) mass is 499 g/mol. The summed E-state index contributed by atoms with van der Waals surface area (Å²) in [5.74, 6) is 1.01. The second-order valence-electron chi connectivity index (χ2n) is 8.56. The lowest BCUT2D eigenvalue weighted by Crippen LogP contribution is -2.22. The van der Waals surface area contributed by atoms with Crippen LogP contribution in [0.4, 0.5) is 5.82 Å². The van der Waals surface area contributed by atoms with E-state index in [9.17, 15) is 9.59 Å². The lowest BCUT2D eigenvalue weighted by atomic mass is 10.0. The first kappa shape index (κ1) is 24.1. The Labute approximate surface area is 213 Å². The summed E-state index contributed by atoms with van der Waals surface area (Å²) in [5, 5.41) is 6.95. The van der Waals surface area contributed by atoms with Gasteiger partial charge in [-0.1, -0.05) is 29.4 Å². The fourth-order valence-electron chi connectivity index (χ4n) is 4.46. The van der Waals surface area contributed by atoms with Crippen LogP contribution < -0.4 is 14.8 Å². The zero-order chi connectivity index (χ0) is 25.9. The molecule has 1 aliphatic carbocycles. The van der Waals surface area contributed by atoms with Gasteiger partial charge in [-0.3, -0.25) is 4.79 Å². The van der Waals surface area contributed by atoms with E-state index in [-0.39, 0.29) is 5.82 Å². The minimum absolute atomic E-state index is 0.263. The van der Waals surface area contributed by atoms with E-state index in [4.69, 9.17) is 23.7 Å². The van der Waals surface area contributed by atoms with E-state index < -0.39 is 18.5 Å². The number of nitrogens with one attached hydrogen (secondary N) is 1. The molecule has 0 saturated carbocycles. The Bertz CT molecular complexity index is 1540. The number of rotatable bonds is 7. The number of carbonyl (C=O) groups is 2. The van der Waals surface area contributed by atoms with Gasteiger partial charge in [0.25, 0.3) is 5.91 Å². The molecule has 9 heteroatoms. The molecule has 0 atom stereocenters. The minimum Gasteiger partial charge on any atom is -0.493 e. The second-order valence-corrected chi connectivity index (χ2v) is 8.56. The Hall–Kier alpha value is -4.66. The van der Waals surface area contributed by atoms with Gasteiger partial charge in [0.1, 0.15) is 5.76 Å². The summed E-state index contributed by atoms with van der Waals surface area (Å²) in [6.45, 7) is 1.26. The average molecular weight is 500 g/mol. The standard InChI is InChI=1S/C28H25N3O6/c1-16-12-24(31-37-16)30-25(32)15-36-28(33)26-19-6-4-5-7-21(19)29-27-18(9-10-20(26)27)13-17-8-11-22(34-2)23(14-17)35-3/h4-8,11-14H,9-10,15H2,1-3H3,(H,30,31,32)/b18-13+. The molecule has 4 aromatic rings. The van der Waals surface area contributed by atoms with Crippen LogP contribution in [0.5, 0.6) is 11.5 Å². The van der Waals surface area contributed by atoms with Crippen LogP contribution in [0.15, 0.2) is 53.1 Å². The Morgan fingerprint density at radius 3 is 2.62 bits per heavy atom. The first-order valence-corrected chi connectivity index (χ1v) is 11.7. The molecule has 2 aromatic heterocycles. The van der Waals surface area contributed by atoms with Gasteiger partial charge in [-0.2, -0.15) is 0 Å². The molecule has 2 aromatic carbocycles. The molecule has 1 amide bonds. The SMILES string of the molecule is COc1ccc(/C=C2\CCc3c2nc2ccccc2c3C(=O)OCC(=O)Nc2cc(C)on2)cc1OC. The highest BCUT2D eigenvalue weighted by molar-refractivity contribution is 6.08. The van der Waals surface area contributed by atoms with Crippen molar-refractivity contribution >= 4 is 40.2 Å². The maximum Gasteiger partial charge on any atom is 0.339 e. The highest BCUT2D eigenvalue weighted by Gasteiger charge is 2.28. The van der Waals surface area contributed by atoms with Gasteiger partial charge in [0.15, 0.2) is 23.9 Å². The Balaban J connectivity index is 1.45. The van der Waals surface area contributed by atoms with Gasteiger partial charge in [0, 0.05) is 11.5 Å². The fourth-order valence-corrected chi connectivity index (χ4v) is 4.46. The first-order chi connectivity index (χ1) is 18.0. The van der Waals surface area contributed by atoms with E-state index in [1.165, 1.54) is 0 Å². The van der Waals surface area contributed by atoms with E-state index in [0.29, 0.717) is 46.6 Å². The molecule has 0 fully saturated rings. The number of carbonyl (C=O) groups excluding carboxylic acids is 2. The van der Waals surface area contributed by atoms with Gasteiger partial charge < -0.3 is 24.1 Å². The molecule has 188 valence electrons. The van der Waals surface area contributed by atoms with Crippen LogP contribution in [0.1, 0.15) is 39.4 Å². The number of allylic oxidation sites excluding steroid dienone is 1. The zero-order valence-corrected chi connectivity index (χ0v) is 20.7. The lowest BCUT2D eigenvalue weighted by Gasteiger charge is -2.12. The normalized spacial score (nSPS) is 13.4. The molecule has 2 heterocycles. The number of hydrogen-bond donors (Lipinski definition) is 1. The van der Waals surface area contributed by atoms with Crippen LogP contribution in [-0.2, 0) is 16.0 Å². The molecule has 0 unspecified atom stereocenters. The number of amides is 1. The van der Waals surface area contributed by atoms with Gasteiger partial charge in [0.05, 0.1) is 31.0 Å². The Morgan fingerprint density at radius 1 is 1.05 bits per heavy atom. The van der Waals surface area contributed by atoms with Gasteiger partial charge in [0.2, 0.25) is 0 Å². The van der Waals surface area contributed by atoms with Crippen molar-refractivity contribution in [1.29, 1.82) is 0 Å². The number of nitrogens with zero attached hydrogens (tertiary/aromatic N) is 2. The van der Waals surface area contributed by atoms with Crippen LogP contribution in [0.3, 0.4) is 0 Å². The molecular weight excluding hydrogens is 474 g/mol. The number of benzene rings is 2. The molecular formula is C28H25N3O6. The van der Waals surface area contributed by atoms with E-state index in [1.54, 1.807) is 27.2 Å². The molecule has 0 spiro atoms. The summed E-state index contributed by atoms with van der Waals surface area (Å²) in [5.41, 5.74) is 4.60. The third-order valence-corrected chi connectivity index (χ3v) is 6.12. The van der Waals surface area contributed by atoms with Crippen LogP contribution in [0, 0.1) is 6.92 Å². The summed E-state index contributed by atoms with van der Waals surface area (Å²) in [7, 11) is 3.19. The number of ether oxygens (including phenoxy) is 3. The molecule has 1 aliphatic rings. The second kappa shape index (κ2) is 10.1. The summed E-state index contributed by atoms with van der Waals surface area (Å²) >= 11 is 0. The lowest BCUT2D eigenvalue weighted by molar-refractivity contribution is -0.119. The van der Waals surface area contributed by atoms with Crippen molar-refractivity contribution in [2.75, 3.05) is 26.1 Å². The largest absolute Gasteiger partial charge is 0.493 e.